The number of para-hydroxylation sites is 1. The number of benzene rings is 1. The van der Waals surface area contributed by atoms with Gasteiger partial charge in [0.15, 0.2) is 0 Å². The molecule has 0 atom stereocenters. The first kappa shape index (κ1) is 21.5. The maximum atomic E-state index is 13.4. The lowest BCUT2D eigenvalue weighted by molar-refractivity contribution is 0.0939. The van der Waals surface area contributed by atoms with Crippen LogP contribution in [0.25, 0.3) is 11.3 Å². The predicted octanol–water partition coefficient (Wildman–Crippen LogP) is 5.20. The fraction of sp³-hybridized carbons (Fsp3) is 0.136. The van der Waals surface area contributed by atoms with Crippen LogP contribution in [0, 0.1) is 0 Å². The summed E-state index contributed by atoms with van der Waals surface area (Å²) in [5.74, 6) is 0.193. The van der Waals surface area contributed by atoms with E-state index in [-0.39, 0.29) is 11.5 Å². The highest BCUT2D eigenvalue weighted by Crippen LogP contribution is 2.26. The zero-order valence-corrected chi connectivity index (χ0v) is 19.6. The Bertz CT molecular complexity index is 1310. The minimum absolute atomic E-state index is 0.233. The van der Waals surface area contributed by atoms with E-state index >= 15 is 0 Å². The zero-order chi connectivity index (χ0) is 22.0. The number of aromatic amines is 1. The number of hydrogen-bond acceptors (Lipinski definition) is 5. The minimum Gasteiger partial charge on any atom is -0.496 e. The smallest absolute Gasteiger partial charge is 0.282 e. The molecular formula is C22H17BrClN3O3S. The van der Waals surface area contributed by atoms with E-state index < -0.39 is 0 Å². The number of aromatic nitrogens is 3. The van der Waals surface area contributed by atoms with E-state index in [1.165, 1.54) is 23.1 Å². The topological polar surface area (TPSA) is 77.0 Å². The average molecular weight is 519 g/mol. The Morgan fingerprint density at radius 2 is 2.03 bits per heavy atom. The van der Waals surface area contributed by atoms with Gasteiger partial charge in [-0.3, -0.25) is 9.59 Å². The van der Waals surface area contributed by atoms with Gasteiger partial charge in [-0.15, -0.1) is 11.3 Å². The predicted molar refractivity (Wildman–Crippen MR) is 125 cm³/mol. The molecule has 6 nitrogen and oxygen atoms in total. The number of ether oxygens (including phenoxy) is 1. The second kappa shape index (κ2) is 9.21. The minimum atomic E-state index is -0.286. The summed E-state index contributed by atoms with van der Waals surface area (Å²) >= 11 is 10.8. The molecule has 3 heterocycles. The van der Waals surface area contributed by atoms with Crippen LogP contribution in [0.15, 0.2) is 64.0 Å². The Hall–Kier alpha value is -2.68. The number of aryl methyl sites for hydroxylation is 2. The molecule has 1 N–H and O–H groups in total. The Balaban J connectivity index is 1.75. The molecule has 0 fully saturated rings. The van der Waals surface area contributed by atoms with Crippen LogP contribution in [0.4, 0.5) is 0 Å². The van der Waals surface area contributed by atoms with Gasteiger partial charge in [0.1, 0.15) is 5.75 Å². The number of halogens is 2. The van der Waals surface area contributed by atoms with Crippen molar-refractivity contribution in [1.29, 1.82) is 0 Å². The summed E-state index contributed by atoms with van der Waals surface area (Å²) in [5.41, 5.74) is 2.21. The van der Waals surface area contributed by atoms with Crippen LogP contribution in [-0.4, -0.2) is 27.8 Å². The third kappa shape index (κ3) is 4.66. The molecule has 0 aliphatic rings. The van der Waals surface area contributed by atoms with Crippen LogP contribution in [0.2, 0.25) is 4.34 Å². The largest absolute Gasteiger partial charge is 0.496 e. The Kier molecular flexibility index (Phi) is 6.41. The summed E-state index contributed by atoms with van der Waals surface area (Å²) in [5, 5.41) is 4.57. The number of pyridine rings is 1. The Morgan fingerprint density at radius 1 is 1.23 bits per heavy atom. The van der Waals surface area contributed by atoms with Gasteiger partial charge in [0, 0.05) is 22.3 Å². The van der Waals surface area contributed by atoms with Crippen LogP contribution < -0.4 is 10.3 Å². The van der Waals surface area contributed by atoms with Crippen LogP contribution in [0.1, 0.15) is 20.9 Å². The van der Waals surface area contributed by atoms with Gasteiger partial charge in [-0.2, -0.15) is 5.10 Å². The third-order valence-corrected chi connectivity index (χ3v) is 6.60. The lowest BCUT2D eigenvalue weighted by atomic mass is 10.1. The number of hydrogen-bond donors (Lipinski definition) is 1. The van der Waals surface area contributed by atoms with Crippen molar-refractivity contribution in [1.82, 2.24) is 14.8 Å². The monoisotopic (exact) mass is 517 g/mol. The summed E-state index contributed by atoms with van der Waals surface area (Å²) in [7, 11) is 1.53. The molecule has 0 aliphatic heterocycles. The second-order valence-corrected chi connectivity index (χ2v) is 9.36. The van der Waals surface area contributed by atoms with E-state index in [0.29, 0.717) is 33.5 Å². The number of thiophene rings is 1. The molecule has 0 aliphatic carbocycles. The maximum Gasteiger partial charge on any atom is 0.282 e. The Morgan fingerprint density at radius 3 is 2.74 bits per heavy atom. The van der Waals surface area contributed by atoms with E-state index in [1.807, 2.05) is 24.3 Å². The number of rotatable bonds is 6. The van der Waals surface area contributed by atoms with Crippen molar-refractivity contribution in [3.63, 3.8) is 0 Å². The Labute approximate surface area is 195 Å². The molecule has 0 radical (unpaired) electrons. The fourth-order valence-corrected chi connectivity index (χ4v) is 4.64. The van der Waals surface area contributed by atoms with Crippen molar-refractivity contribution < 1.29 is 9.53 Å². The lowest BCUT2D eigenvalue weighted by Crippen LogP contribution is -2.18. The molecule has 4 rings (SSSR count). The van der Waals surface area contributed by atoms with Gasteiger partial charge >= 0.3 is 0 Å². The summed E-state index contributed by atoms with van der Waals surface area (Å²) in [6.45, 7) is 0. The first-order valence-electron chi connectivity index (χ1n) is 9.35. The van der Waals surface area contributed by atoms with Gasteiger partial charge in [-0.1, -0.05) is 23.7 Å². The SMILES string of the molecule is COc1ccccc1C(=O)n1nc(-c2c[nH]c(=O)c(Br)c2)cc1CCc1ccc(Cl)s1. The summed E-state index contributed by atoms with van der Waals surface area (Å²) < 4.78 is 7.89. The number of H-pyrrole nitrogens is 1. The highest BCUT2D eigenvalue weighted by atomic mass is 79.9. The second-order valence-electron chi connectivity index (χ2n) is 6.71. The number of carbonyl (C=O) groups is 1. The van der Waals surface area contributed by atoms with Gasteiger partial charge in [0.05, 0.1) is 27.2 Å². The van der Waals surface area contributed by atoms with Gasteiger partial charge in [0.2, 0.25) is 0 Å². The first-order chi connectivity index (χ1) is 15.0. The van der Waals surface area contributed by atoms with E-state index in [0.717, 1.165) is 21.3 Å². The number of nitrogens with one attached hydrogen (secondary N) is 1. The molecule has 0 saturated carbocycles. The van der Waals surface area contributed by atoms with Crippen LogP contribution in [-0.2, 0) is 12.8 Å². The molecule has 158 valence electrons. The summed E-state index contributed by atoms with van der Waals surface area (Å²) in [6.07, 6.45) is 2.89. The van der Waals surface area contributed by atoms with E-state index in [2.05, 4.69) is 26.0 Å². The molecule has 31 heavy (non-hydrogen) atoms. The molecule has 0 unspecified atom stereocenters. The van der Waals surface area contributed by atoms with Gasteiger partial charge in [-0.25, -0.2) is 4.68 Å². The normalized spacial score (nSPS) is 10.9. The standard InChI is InChI=1S/C22H17BrClN3O3S/c1-30-19-5-3-2-4-16(19)22(29)27-14(6-7-15-8-9-20(24)31-15)11-18(26-27)13-10-17(23)21(28)25-12-13/h2-5,8-12H,6-7H2,1H3,(H,25,28). The first-order valence-corrected chi connectivity index (χ1v) is 11.3. The molecule has 0 spiro atoms. The molecule has 0 bridgehead atoms. The molecule has 0 amide bonds. The molecular weight excluding hydrogens is 502 g/mol. The zero-order valence-electron chi connectivity index (χ0n) is 16.4. The highest BCUT2D eigenvalue weighted by Gasteiger charge is 2.20. The van der Waals surface area contributed by atoms with Crippen molar-refractivity contribution >= 4 is 44.8 Å². The van der Waals surface area contributed by atoms with Crippen LogP contribution >= 0.6 is 38.9 Å². The molecule has 4 aromatic rings. The van der Waals surface area contributed by atoms with Crippen LogP contribution in [0.3, 0.4) is 0 Å². The molecule has 9 heteroatoms. The average Bonchev–Trinajstić information content (AvgIpc) is 3.39. The number of nitrogens with zero attached hydrogens (tertiary/aromatic N) is 2. The molecule has 1 aromatic carbocycles. The highest BCUT2D eigenvalue weighted by molar-refractivity contribution is 9.10. The fourth-order valence-electron chi connectivity index (χ4n) is 3.19. The lowest BCUT2D eigenvalue weighted by Gasteiger charge is -2.09. The molecule has 3 aromatic heterocycles. The third-order valence-electron chi connectivity index (χ3n) is 4.72. The van der Waals surface area contributed by atoms with Crippen molar-refractivity contribution in [3.05, 3.63) is 90.0 Å². The van der Waals surface area contributed by atoms with Crippen molar-refractivity contribution in [2.45, 2.75) is 12.8 Å². The van der Waals surface area contributed by atoms with Gasteiger partial charge < -0.3 is 9.72 Å². The number of methoxy groups -OCH3 is 1. The van der Waals surface area contributed by atoms with Crippen molar-refractivity contribution in [2.24, 2.45) is 0 Å². The number of carbonyl (C=O) groups excluding carboxylic acids is 1. The van der Waals surface area contributed by atoms with Gasteiger partial charge in [-0.05, 0) is 65.2 Å². The van der Waals surface area contributed by atoms with E-state index in [1.54, 1.807) is 30.5 Å². The van der Waals surface area contributed by atoms with E-state index in [4.69, 9.17) is 16.3 Å². The summed E-state index contributed by atoms with van der Waals surface area (Å²) in [4.78, 5) is 28.8. The molecule has 0 saturated heterocycles. The van der Waals surface area contributed by atoms with E-state index in [9.17, 15) is 9.59 Å². The summed E-state index contributed by atoms with van der Waals surface area (Å²) in [6, 6.07) is 14.4. The van der Waals surface area contributed by atoms with Gasteiger partial charge in [0.25, 0.3) is 11.5 Å². The quantitative estimate of drug-likeness (QED) is 0.381. The van der Waals surface area contributed by atoms with Crippen molar-refractivity contribution in [2.75, 3.05) is 7.11 Å². The van der Waals surface area contributed by atoms with Crippen molar-refractivity contribution in [3.8, 4) is 17.0 Å². The maximum absolute atomic E-state index is 13.4. The van der Waals surface area contributed by atoms with Crippen LogP contribution in [0.5, 0.6) is 5.75 Å².